The summed E-state index contributed by atoms with van der Waals surface area (Å²) in [6.07, 6.45) is 4.45. The van der Waals surface area contributed by atoms with Crippen LogP contribution in [0.1, 0.15) is 36.4 Å². The van der Waals surface area contributed by atoms with Crippen molar-refractivity contribution in [3.05, 3.63) is 71.3 Å². The van der Waals surface area contributed by atoms with E-state index in [0.29, 0.717) is 30.8 Å². The second kappa shape index (κ2) is 11.3. The van der Waals surface area contributed by atoms with E-state index >= 15 is 0 Å². The molecule has 2 aromatic carbocycles. The highest BCUT2D eigenvalue weighted by Crippen LogP contribution is 2.36. The van der Waals surface area contributed by atoms with E-state index in [9.17, 15) is 23.5 Å². The van der Waals surface area contributed by atoms with Crippen molar-refractivity contribution >= 4 is 17.6 Å². The van der Waals surface area contributed by atoms with Gasteiger partial charge in [-0.2, -0.15) is 0 Å². The van der Waals surface area contributed by atoms with Crippen LogP contribution < -0.4 is 5.32 Å². The molecule has 0 aliphatic carbocycles. The third-order valence-corrected chi connectivity index (χ3v) is 6.24. The predicted molar refractivity (Wildman–Crippen MR) is 127 cm³/mol. The predicted octanol–water partition coefficient (Wildman–Crippen LogP) is 3.85. The van der Waals surface area contributed by atoms with E-state index in [1.54, 1.807) is 34.1 Å². The van der Waals surface area contributed by atoms with Crippen LogP contribution >= 0.6 is 0 Å². The first kappa shape index (κ1) is 24.7. The van der Waals surface area contributed by atoms with E-state index in [1.807, 2.05) is 0 Å². The number of ether oxygens (including phenoxy) is 1. The van der Waals surface area contributed by atoms with E-state index in [1.165, 1.54) is 6.07 Å². The quantitative estimate of drug-likeness (QED) is 0.583. The number of nitrogens with one attached hydrogen (secondary N) is 1. The Labute approximate surface area is 203 Å². The smallest absolute Gasteiger partial charge is 0.409 e. The monoisotopic (exact) mass is 485 g/mol. The number of carbonyl (C=O) groups excluding carboxylic acids is 2. The Hall–Kier alpha value is -3.46. The number of phenolic OH excluding ortho intramolecular Hbond substituents is 1. The third kappa shape index (κ3) is 6.16. The number of amides is 2. The van der Waals surface area contributed by atoms with Crippen LogP contribution in [0.5, 0.6) is 5.75 Å². The minimum Gasteiger partial charge on any atom is -0.508 e. The van der Waals surface area contributed by atoms with E-state index in [-0.39, 0.29) is 43.0 Å². The van der Waals surface area contributed by atoms with E-state index in [2.05, 4.69) is 5.32 Å². The lowest BCUT2D eigenvalue weighted by molar-refractivity contribution is -0.130. The number of phenols is 1. The summed E-state index contributed by atoms with van der Waals surface area (Å²) in [6.45, 7) is 1.91. The van der Waals surface area contributed by atoms with Gasteiger partial charge in [-0.05, 0) is 60.7 Å². The molecular weight excluding hydrogens is 456 g/mol. The molecule has 0 spiro atoms. The van der Waals surface area contributed by atoms with Gasteiger partial charge in [0, 0.05) is 31.7 Å². The third-order valence-electron chi connectivity index (χ3n) is 6.24. The first-order chi connectivity index (χ1) is 16.9. The molecule has 2 heterocycles. The Bertz CT molecular complexity index is 1100. The van der Waals surface area contributed by atoms with Gasteiger partial charge >= 0.3 is 6.09 Å². The molecule has 1 unspecified atom stereocenters. The van der Waals surface area contributed by atoms with Crippen LogP contribution in [0.3, 0.4) is 0 Å². The van der Waals surface area contributed by atoms with E-state index < -0.39 is 17.7 Å². The standard InChI is InChI=1S/C26H29F2N3O4/c27-20-7-8-23(28)22(15-20)19-14-24(18-5-4-6-21(32)13-18)31(17-19)25(33)16-29-9-12-35-26(34)30-10-2-1-3-11-30/h4-8,13-15,24,29,32H,1-3,9-12,16-17H2. The molecule has 0 bridgehead atoms. The first-order valence-corrected chi connectivity index (χ1v) is 11.8. The number of aromatic hydroxyl groups is 1. The van der Waals surface area contributed by atoms with Crippen LogP contribution in [-0.2, 0) is 9.53 Å². The largest absolute Gasteiger partial charge is 0.508 e. The fraction of sp³-hybridized carbons (Fsp3) is 0.385. The van der Waals surface area contributed by atoms with Gasteiger partial charge in [-0.1, -0.05) is 18.2 Å². The summed E-state index contributed by atoms with van der Waals surface area (Å²) in [4.78, 5) is 28.4. The molecular formula is C26H29F2N3O4. The van der Waals surface area contributed by atoms with Crippen molar-refractivity contribution in [2.45, 2.75) is 25.3 Å². The van der Waals surface area contributed by atoms with Gasteiger partial charge in [0.1, 0.15) is 24.0 Å². The van der Waals surface area contributed by atoms with Gasteiger partial charge < -0.3 is 25.0 Å². The Kier molecular flexibility index (Phi) is 7.97. The molecule has 4 rings (SSSR count). The number of rotatable bonds is 7. The molecule has 2 aliphatic rings. The molecule has 1 fully saturated rings. The summed E-state index contributed by atoms with van der Waals surface area (Å²) in [5.41, 5.74) is 1.24. The van der Waals surface area contributed by atoms with Crippen molar-refractivity contribution in [3.8, 4) is 5.75 Å². The maximum absolute atomic E-state index is 14.4. The zero-order chi connectivity index (χ0) is 24.8. The Morgan fingerprint density at radius 3 is 2.66 bits per heavy atom. The van der Waals surface area contributed by atoms with Gasteiger partial charge in [-0.15, -0.1) is 0 Å². The highest BCUT2D eigenvalue weighted by atomic mass is 19.1. The molecule has 1 saturated heterocycles. The zero-order valence-electron chi connectivity index (χ0n) is 19.4. The van der Waals surface area contributed by atoms with Crippen molar-refractivity contribution in [3.63, 3.8) is 0 Å². The number of likely N-dealkylation sites (tertiary alicyclic amines) is 1. The van der Waals surface area contributed by atoms with Crippen LogP contribution in [0.15, 0.2) is 48.5 Å². The number of piperidine rings is 1. The van der Waals surface area contributed by atoms with E-state index in [4.69, 9.17) is 4.74 Å². The normalized spacial score (nSPS) is 17.9. The van der Waals surface area contributed by atoms with Gasteiger partial charge in [0.25, 0.3) is 0 Å². The topological polar surface area (TPSA) is 82.1 Å². The lowest BCUT2D eigenvalue weighted by Crippen LogP contribution is -2.40. The Morgan fingerprint density at radius 2 is 1.89 bits per heavy atom. The molecule has 2 amide bonds. The number of hydrogen-bond donors (Lipinski definition) is 2. The minimum atomic E-state index is -0.574. The van der Waals surface area contributed by atoms with Crippen LogP contribution in [0.25, 0.3) is 5.57 Å². The summed E-state index contributed by atoms with van der Waals surface area (Å²) in [7, 11) is 0. The number of nitrogens with zero attached hydrogens (tertiary/aromatic N) is 2. The highest BCUT2D eigenvalue weighted by Gasteiger charge is 2.31. The van der Waals surface area contributed by atoms with Crippen LogP contribution in [0.2, 0.25) is 0 Å². The first-order valence-electron chi connectivity index (χ1n) is 11.8. The van der Waals surface area contributed by atoms with Gasteiger partial charge in [0.05, 0.1) is 12.6 Å². The molecule has 2 N–H and O–H groups in total. The highest BCUT2D eigenvalue weighted by molar-refractivity contribution is 5.84. The van der Waals surface area contributed by atoms with Crippen molar-refractivity contribution in [2.75, 3.05) is 39.3 Å². The molecule has 1 atom stereocenters. The van der Waals surface area contributed by atoms with Crippen molar-refractivity contribution in [2.24, 2.45) is 0 Å². The van der Waals surface area contributed by atoms with Gasteiger partial charge in [-0.25, -0.2) is 13.6 Å². The maximum atomic E-state index is 14.4. The molecule has 35 heavy (non-hydrogen) atoms. The summed E-state index contributed by atoms with van der Waals surface area (Å²) in [6, 6.07) is 9.16. The fourth-order valence-corrected chi connectivity index (χ4v) is 4.44. The second-order valence-electron chi connectivity index (χ2n) is 8.72. The minimum absolute atomic E-state index is 0.0245. The van der Waals surface area contributed by atoms with Gasteiger partial charge in [0.15, 0.2) is 0 Å². The number of carbonyl (C=O) groups is 2. The lowest BCUT2D eigenvalue weighted by atomic mass is 10.0. The molecule has 0 saturated carbocycles. The average Bonchev–Trinajstić information content (AvgIpc) is 3.31. The lowest BCUT2D eigenvalue weighted by Gasteiger charge is -2.26. The SMILES string of the molecule is O=C(OCCNCC(=O)N1CC(c2cc(F)ccc2F)=CC1c1cccc(O)c1)N1CCCCC1. The average molecular weight is 486 g/mol. The summed E-state index contributed by atoms with van der Waals surface area (Å²) in [5.74, 6) is -1.36. The second-order valence-corrected chi connectivity index (χ2v) is 8.72. The Morgan fingerprint density at radius 1 is 1.09 bits per heavy atom. The van der Waals surface area contributed by atoms with Crippen LogP contribution in [0.4, 0.5) is 13.6 Å². The van der Waals surface area contributed by atoms with Gasteiger partial charge in [-0.3, -0.25) is 4.79 Å². The van der Waals surface area contributed by atoms with Crippen molar-refractivity contribution < 1.29 is 28.2 Å². The summed E-state index contributed by atoms with van der Waals surface area (Å²) >= 11 is 0. The maximum Gasteiger partial charge on any atom is 0.409 e. The van der Waals surface area contributed by atoms with Crippen molar-refractivity contribution in [1.82, 2.24) is 15.1 Å². The zero-order valence-corrected chi connectivity index (χ0v) is 19.4. The Balaban J connectivity index is 1.38. The summed E-state index contributed by atoms with van der Waals surface area (Å²) in [5, 5.41) is 12.9. The number of halogens is 2. The van der Waals surface area contributed by atoms with Crippen molar-refractivity contribution in [1.29, 1.82) is 0 Å². The number of hydrogen-bond acceptors (Lipinski definition) is 5. The number of benzene rings is 2. The summed E-state index contributed by atoms with van der Waals surface area (Å²) < 4.78 is 33.5. The molecule has 0 radical (unpaired) electrons. The molecule has 186 valence electrons. The molecule has 2 aromatic rings. The van der Waals surface area contributed by atoms with E-state index in [0.717, 1.165) is 37.5 Å². The van der Waals surface area contributed by atoms with Crippen LogP contribution in [-0.4, -0.2) is 66.2 Å². The van der Waals surface area contributed by atoms with Gasteiger partial charge in [0.2, 0.25) is 5.91 Å². The van der Waals surface area contributed by atoms with Crippen LogP contribution in [0, 0.1) is 11.6 Å². The molecule has 7 nitrogen and oxygen atoms in total. The molecule has 9 heteroatoms. The fourth-order valence-electron chi connectivity index (χ4n) is 4.44. The molecule has 2 aliphatic heterocycles. The molecule has 0 aromatic heterocycles.